The van der Waals surface area contributed by atoms with Gasteiger partial charge in [-0.1, -0.05) is 23.5 Å². The first kappa shape index (κ1) is 10.1. The summed E-state index contributed by atoms with van der Waals surface area (Å²) in [5.41, 5.74) is 7.42. The number of carbonyl (C=O) groups is 1. The van der Waals surface area contributed by atoms with Gasteiger partial charge in [-0.05, 0) is 12.1 Å². The van der Waals surface area contributed by atoms with Crippen molar-refractivity contribution >= 4 is 38.8 Å². The summed E-state index contributed by atoms with van der Waals surface area (Å²) in [5, 5.41) is 4.21. The van der Waals surface area contributed by atoms with Crippen molar-refractivity contribution in [2.45, 2.75) is 0 Å². The third-order valence-corrected chi connectivity index (χ3v) is 3.36. The minimum absolute atomic E-state index is 0.0440. The molecule has 2 heterocycles. The molecule has 0 saturated heterocycles. The van der Waals surface area contributed by atoms with Crippen LogP contribution in [0.5, 0.6) is 0 Å². The van der Waals surface area contributed by atoms with Gasteiger partial charge in [0.05, 0.1) is 17.6 Å². The van der Waals surface area contributed by atoms with Crippen LogP contribution < -0.4 is 16.0 Å². The summed E-state index contributed by atoms with van der Waals surface area (Å²) < 4.78 is 0. The molecule has 86 valence electrons. The first-order valence-electron chi connectivity index (χ1n) is 5.12. The molecule has 5 nitrogen and oxygen atoms in total. The maximum atomic E-state index is 11.6. The number of hydrogen-bond acceptors (Lipinski definition) is 5. The summed E-state index contributed by atoms with van der Waals surface area (Å²) in [4.78, 5) is 17.7. The molecule has 0 bridgehead atoms. The smallest absolute Gasteiger partial charge is 0.244 e. The Morgan fingerprint density at radius 2 is 2.24 bits per heavy atom. The molecular weight excluding hydrogens is 236 g/mol. The Hall–Kier alpha value is -2.08. The van der Waals surface area contributed by atoms with Crippen molar-refractivity contribution < 1.29 is 4.79 Å². The van der Waals surface area contributed by atoms with Crippen LogP contribution >= 0.6 is 11.3 Å². The number of carbonyl (C=O) groups excluding carboxylic acids is 1. The molecule has 1 aliphatic heterocycles. The fraction of sp³-hybridized carbons (Fsp3) is 0.0909. The predicted molar refractivity (Wildman–Crippen MR) is 68.6 cm³/mol. The molecule has 1 aromatic carbocycles. The molecule has 0 spiro atoms. The van der Waals surface area contributed by atoms with E-state index in [0.29, 0.717) is 5.00 Å². The Morgan fingerprint density at radius 3 is 3.00 bits per heavy atom. The molecule has 6 heteroatoms. The molecule has 3 N–H and O–H groups in total. The van der Waals surface area contributed by atoms with Crippen molar-refractivity contribution in [3.05, 3.63) is 30.5 Å². The average molecular weight is 246 g/mol. The number of fused-ring (bicyclic) bond motifs is 1. The number of nitrogens with zero attached hydrogens (tertiary/aromatic N) is 2. The monoisotopic (exact) mass is 246 g/mol. The van der Waals surface area contributed by atoms with Crippen LogP contribution in [-0.4, -0.2) is 17.4 Å². The van der Waals surface area contributed by atoms with Crippen molar-refractivity contribution in [2.75, 3.05) is 22.5 Å². The number of amides is 1. The summed E-state index contributed by atoms with van der Waals surface area (Å²) in [7, 11) is 0. The third kappa shape index (κ3) is 1.72. The second-order valence-corrected chi connectivity index (χ2v) is 4.74. The van der Waals surface area contributed by atoms with Crippen LogP contribution in [0.25, 0.3) is 0 Å². The molecule has 0 atom stereocenters. The van der Waals surface area contributed by atoms with E-state index in [1.807, 2.05) is 29.2 Å². The quantitative estimate of drug-likeness (QED) is 0.805. The Morgan fingerprint density at radius 1 is 1.41 bits per heavy atom. The van der Waals surface area contributed by atoms with Crippen LogP contribution in [0.2, 0.25) is 0 Å². The number of benzene rings is 1. The number of aromatic nitrogens is 1. The summed E-state index contributed by atoms with van der Waals surface area (Å²) in [5.74, 6) is -0.0440. The lowest BCUT2D eigenvalue weighted by Crippen LogP contribution is -2.34. The second-order valence-electron chi connectivity index (χ2n) is 3.70. The summed E-state index contributed by atoms with van der Waals surface area (Å²) in [6.07, 6.45) is 1.61. The van der Waals surface area contributed by atoms with Crippen molar-refractivity contribution in [1.29, 1.82) is 0 Å². The van der Waals surface area contributed by atoms with E-state index in [2.05, 4.69) is 10.3 Å². The summed E-state index contributed by atoms with van der Waals surface area (Å²) >= 11 is 1.37. The van der Waals surface area contributed by atoms with E-state index in [-0.39, 0.29) is 12.5 Å². The van der Waals surface area contributed by atoms with Gasteiger partial charge in [0, 0.05) is 0 Å². The third-order valence-electron chi connectivity index (χ3n) is 2.51. The zero-order chi connectivity index (χ0) is 11.8. The van der Waals surface area contributed by atoms with Gasteiger partial charge >= 0.3 is 0 Å². The fourth-order valence-electron chi connectivity index (χ4n) is 1.81. The van der Waals surface area contributed by atoms with Crippen molar-refractivity contribution in [2.24, 2.45) is 0 Å². The van der Waals surface area contributed by atoms with Crippen LogP contribution in [0, 0.1) is 0 Å². The van der Waals surface area contributed by atoms with Gasteiger partial charge in [0.2, 0.25) is 5.91 Å². The van der Waals surface area contributed by atoms with Crippen LogP contribution in [0.4, 0.5) is 21.5 Å². The predicted octanol–water partition coefficient (Wildman–Crippen LogP) is 1.82. The van der Waals surface area contributed by atoms with E-state index < -0.39 is 0 Å². The molecule has 1 aromatic heterocycles. The summed E-state index contributed by atoms with van der Waals surface area (Å²) in [6, 6.07) is 7.64. The van der Waals surface area contributed by atoms with Crippen molar-refractivity contribution in [3.63, 3.8) is 0 Å². The van der Waals surface area contributed by atoms with Gasteiger partial charge in [-0.3, -0.25) is 4.79 Å². The van der Waals surface area contributed by atoms with Gasteiger partial charge in [-0.2, -0.15) is 0 Å². The fourth-order valence-corrected chi connectivity index (χ4v) is 2.50. The largest absolute Gasteiger partial charge is 0.389 e. The molecule has 0 saturated carbocycles. The molecule has 0 aliphatic carbocycles. The molecule has 2 aromatic rings. The van der Waals surface area contributed by atoms with Crippen molar-refractivity contribution in [3.8, 4) is 0 Å². The van der Waals surface area contributed by atoms with E-state index >= 15 is 0 Å². The second kappa shape index (κ2) is 3.74. The number of nitrogen functional groups attached to an aromatic ring is 1. The standard InChI is InChI=1S/C11H10N4OS/c12-9-5-13-11(17-9)15-6-10(16)14-7-3-1-2-4-8(7)15/h1-5H,6,12H2,(H,14,16). The van der Waals surface area contributed by atoms with Gasteiger partial charge in [-0.25, -0.2) is 4.98 Å². The average Bonchev–Trinajstić information content (AvgIpc) is 2.74. The lowest BCUT2D eigenvalue weighted by atomic mass is 10.2. The maximum absolute atomic E-state index is 11.6. The zero-order valence-corrected chi connectivity index (χ0v) is 9.70. The minimum atomic E-state index is -0.0440. The molecule has 0 fully saturated rings. The number of anilines is 4. The zero-order valence-electron chi connectivity index (χ0n) is 8.88. The maximum Gasteiger partial charge on any atom is 0.244 e. The SMILES string of the molecule is Nc1cnc(N2CC(=O)Nc3ccccc32)s1. The number of nitrogens with one attached hydrogen (secondary N) is 1. The lowest BCUT2D eigenvalue weighted by molar-refractivity contribution is -0.115. The number of rotatable bonds is 1. The molecule has 0 radical (unpaired) electrons. The van der Waals surface area contributed by atoms with E-state index in [0.717, 1.165) is 16.5 Å². The van der Waals surface area contributed by atoms with Gasteiger partial charge in [0.1, 0.15) is 11.5 Å². The molecule has 17 heavy (non-hydrogen) atoms. The Labute approximate surface area is 102 Å². The normalized spacial score (nSPS) is 14.4. The number of para-hydroxylation sites is 2. The molecule has 3 rings (SSSR count). The van der Waals surface area contributed by atoms with Gasteiger partial charge in [0.25, 0.3) is 0 Å². The van der Waals surface area contributed by atoms with E-state index in [4.69, 9.17) is 5.73 Å². The minimum Gasteiger partial charge on any atom is -0.389 e. The highest BCUT2D eigenvalue weighted by Gasteiger charge is 2.24. The topological polar surface area (TPSA) is 71.2 Å². The van der Waals surface area contributed by atoms with Crippen LogP contribution in [0.1, 0.15) is 0 Å². The van der Waals surface area contributed by atoms with Gasteiger partial charge in [-0.15, -0.1) is 0 Å². The Kier molecular flexibility index (Phi) is 2.22. The van der Waals surface area contributed by atoms with Crippen LogP contribution in [-0.2, 0) is 4.79 Å². The lowest BCUT2D eigenvalue weighted by Gasteiger charge is -2.28. The molecule has 1 aliphatic rings. The number of thiazole rings is 1. The van der Waals surface area contributed by atoms with Gasteiger partial charge in [0.15, 0.2) is 5.13 Å². The highest BCUT2D eigenvalue weighted by atomic mass is 32.1. The molecule has 0 unspecified atom stereocenters. The molecular formula is C11H10N4OS. The van der Waals surface area contributed by atoms with Crippen LogP contribution in [0.15, 0.2) is 30.5 Å². The Balaban J connectivity index is 2.09. The van der Waals surface area contributed by atoms with Gasteiger partial charge < -0.3 is 16.0 Å². The van der Waals surface area contributed by atoms with Crippen molar-refractivity contribution in [1.82, 2.24) is 4.98 Å². The van der Waals surface area contributed by atoms with E-state index in [9.17, 15) is 4.79 Å². The number of hydrogen-bond donors (Lipinski definition) is 2. The molecule has 1 amide bonds. The number of nitrogens with two attached hydrogens (primary N) is 1. The van der Waals surface area contributed by atoms with E-state index in [1.165, 1.54) is 11.3 Å². The highest BCUT2D eigenvalue weighted by Crippen LogP contribution is 2.36. The summed E-state index contributed by atoms with van der Waals surface area (Å²) in [6.45, 7) is 0.268. The first-order valence-corrected chi connectivity index (χ1v) is 5.93. The van der Waals surface area contributed by atoms with Crippen LogP contribution in [0.3, 0.4) is 0 Å². The Bertz CT molecular complexity index is 580. The first-order chi connectivity index (χ1) is 8.24. The van der Waals surface area contributed by atoms with E-state index in [1.54, 1.807) is 6.20 Å². The highest BCUT2D eigenvalue weighted by molar-refractivity contribution is 7.19.